The smallest absolute Gasteiger partial charge is 0.287 e. The lowest BCUT2D eigenvalue weighted by atomic mass is 10.3. The van der Waals surface area contributed by atoms with Crippen molar-refractivity contribution in [2.24, 2.45) is 0 Å². The molecule has 148 valence electrons. The number of amides is 1. The number of rotatable bonds is 10. The average Bonchev–Trinajstić information content (AvgIpc) is 3.13. The predicted octanol–water partition coefficient (Wildman–Crippen LogP) is 2.33. The third-order valence-corrected chi connectivity index (χ3v) is 5.90. The molecule has 0 aliphatic rings. The molecule has 0 radical (unpaired) electrons. The third-order valence-electron chi connectivity index (χ3n) is 4.23. The normalized spacial score (nSPS) is 11.6. The number of carbonyl (C=O) groups excluding carboxylic acids is 1. The summed E-state index contributed by atoms with van der Waals surface area (Å²) in [4.78, 5) is 14.4. The van der Waals surface area contributed by atoms with E-state index in [4.69, 9.17) is 9.15 Å². The Hall–Kier alpha value is -2.32. The molecule has 27 heavy (non-hydrogen) atoms. The number of ether oxygens (including phenoxy) is 1. The first-order valence-electron chi connectivity index (χ1n) is 8.86. The van der Waals surface area contributed by atoms with Crippen molar-refractivity contribution in [1.82, 2.24) is 10.2 Å². The lowest BCUT2D eigenvalue weighted by Gasteiger charge is -2.17. The Bertz CT molecular complexity index is 856. The minimum absolute atomic E-state index is 0.0918. The van der Waals surface area contributed by atoms with Gasteiger partial charge in [0, 0.05) is 13.1 Å². The minimum atomic E-state index is -3.66. The molecule has 1 aromatic heterocycles. The molecule has 2 rings (SSSR count). The van der Waals surface area contributed by atoms with Crippen LogP contribution in [-0.2, 0) is 15.6 Å². The highest BCUT2D eigenvalue weighted by molar-refractivity contribution is 7.90. The second kappa shape index (κ2) is 9.57. The summed E-state index contributed by atoms with van der Waals surface area (Å²) in [5, 5.41) is 2.78. The van der Waals surface area contributed by atoms with Crippen LogP contribution < -0.4 is 10.1 Å². The van der Waals surface area contributed by atoms with Gasteiger partial charge in [-0.1, -0.05) is 26.0 Å². The van der Waals surface area contributed by atoms with Gasteiger partial charge in [0.05, 0.1) is 7.11 Å². The number of hydrogen-bond donors (Lipinski definition) is 1. The number of para-hydroxylation sites is 1. The summed E-state index contributed by atoms with van der Waals surface area (Å²) < 4.78 is 35.8. The van der Waals surface area contributed by atoms with Crippen molar-refractivity contribution in [1.29, 1.82) is 0 Å². The van der Waals surface area contributed by atoms with Gasteiger partial charge in [0.1, 0.15) is 22.2 Å². The van der Waals surface area contributed by atoms with Gasteiger partial charge in [-0.15, -0.1) is 0 Å². The van der Waals surface area contributed by atoms with Gasteiger partial charge in [0.2, 0.25) is 0 Å². The van der Waals surface area contributed by atoms with Crippen LogP contribution in [0.15, 0.2) is 45.7 Å². The molecule has 0 saturated heterocycles. The van der Waals surface area contributed by atoms with Gasteiger partial charge in [0.15, 0.2) is 15.6 Å². The first-order chi connectivity index (χ1) is 12.9. The molecule has 8 heteroatoms. The van der Waals surface area contributed by atoms with Gasteiger partial charge < -0.3 is 19.4 Å². The molecule has 0 spiro atoms. The van der Waals surface area contributed by atoms with Crippen LogP contribution in [-0.4, -0.2) is 52.5 Å². The quantitative estimate of drug-likeness (QED) is 0.665. The molecular formula is C19H26N2O5S. The van der Waals surface area contributed by atoms with E-state index in [2.05, 4.69) is 24.1 Å². The third kappa shape index (κ3) is 5.58. The molecular weight excluding hydrogens is 368 g/mol. The van der Waals surface area contributed by atoms with E-state index in [0.717, 1.165) is 19.6 Å². The zero-order valence-electron chi connectivity index (χ0n) is 15.9. The summed E-state index contributed by atoms with van der Waals surface area (Å²) in [5.74, 6) is -0.129. The molecule has 0 aliphatic carbocycles. The van der Waals surface area contributed by atoms with Gasteiger partial charge in [-0.05, 0) is 37.4 Å². The van der Waals surface area contributed by atoms with Crippen LogP contribution in [0.2, 0.25) is 0 Å². The average molecular weight is 394 g/mol. The van der Waals surface area contributed by atoms with Crippen LogP contribution in [0.5, 0.6) is 5.75 Å². The van der Waals surface area contributed by atoms with Crippen molar-refractivity contribution in [2.75, 3.05) is 33.3 Å². The zero-order chi connectivity index (χ0) is 19.9. The highest BCUT2D eigenvalue weighted by Crippen LogP contribution is 2.26. The van der Waals surface area contributed by atoms with Gasteiger partial charge in [-0.25, -0.2) is 8.42 Å². The Morgan fingerprint density at radius 3 is 2.52 bits per heavy atom. The second-order valence-electron chi connectivity index (χ2n) is 5.96. The van der Waals surface area contributed by atoms with E-state index in [-0.39, 0.29) is 33.8 Å². The molecule has 1 amide bonds. The Labute approximate surface area is 160 Å². The fourth-order valence-corrected chi connectivity index (χ4v) is 4.10. The van der Waals surface area contributed by atoms with Crippen LogP contribution in [0.4, 0.5) is 0 Å². The molecule has 0 atom stereocenters. The summed E-state index contributed by atoms with van der Waals surface area (Å²) in [5.41, 5.74) is 0. The summed E-state index contributed by atoms with van der Waals surface area (Å²) in [6.07, 6.45) is 0. The summed E-state index contributed by atoms with van der Waals surface area (Å²) in [7, 11) is -2.24. The maximum absolute atomic E-state index is 12.6. The molecule has 1 aromatic carbocycles. The van der Waals surface area contributed by atoms with Crippen LogP contribution in [0, 0.1) is 0 Å². The van der Waals surface area contributed by atoms with E-state index in [1.165, 1.54) is 25.3 Å². The number of hydrogen-bond acceptors (Lipinski definition) is 6. The number of nitrogens with one attached hydrogen (secondary N) is 1. The number of sulfone groups is 1. The van der Waals surface area contributed by atoms with Crippen molar-refractivity contribution in [3.05, 3.63) is 47.9 Å². The van der Waals surface area contributed by atoms with Crippen LogP contribution >= 0.6 is 0 Å². The van der Waals surface area contributed by atoms with Crippen molar-refractivity contribution in [2.45, 2.75) is 24.5 Å². The van der Waals surface area contributed by atoms with Crippen molar-refractivity contribution >= 4 is 15.7 Å². The number of likely N-dealkylation sites (N-methyl/N-ethyl adjacent to an activating group) is 1. The Balaban J connectivity index is 2.02. The largest absolute Gasteiger partial charge is 0.495 e. The molecule has 0 fully saturated rings. The highest BCUT2D eigenvalue weighted by atomic mass is 32.2. The Morgan fingerprint density at radius 1 is 1.15 bits per heavy atom. The molecule has 0 unspecified atom stereocenters. The highest BCUT2D eigenvalue weighted by Gasteiger charge is 2.22. The minimum Gasteiger partial charge on any atom is -0.495 e. The standard InChI is InChI=1S/C19H26N2O5S/c1-4-21(5-2)13-12-20-19(22)17-11-10-15(26-17)14-27(23,24)18-9-7-6-8-16(18)25-3/h6-11H,4-5,12-14H2,1-3H3,(H,20,22). The van der Waals surface area contributed by atoms with E-state index in [1.54, 1.807) is 18.2 Å². The first kappa shape index (κ1) is 21.0. The van der Waals surface area contributed by atoms with Gasteiger partial charge >= 0.3 is 0 Å². The maximum Gasteiger partial charge on any atom is 0.287 e. The zero-order valence-corrected chi connectivity index (χ0v) is 16.7. The van der Waals surface area contributed by atoms with Crippen LogP contribution in [0.1, 0.15) is 30.2 Å². The van der Waals surface area contributed by atoms with Crippen LogP contribution in [0.3, 0.4) is 0 Å². The van der Waals surface area contributed by atoms with Crippen molar-refractivity contribution < 1.29 is 22.4 Å². The summed E-state index contributed by atoms with van der Waals surface area (Å²) in [6, 6.07) is 9.39. The molecule has 1 heterocycles. The molecule has 0 aliphatic heterocycles. The predicted molar refractivity (Wildman–Crippen MR) is 103 cm³/mol. The fraction of sp³-hybridized carbons (Fsp3) is 0.421. The number of benzene rings is 1. The molecule has 2 aromatic rings. The van der Waals surface area contributed by atoms with Crippen molar-refractivity contribution in [3.63, 3.8) is 0 Å². The first-order valence-corrected chi connectivity index (χ1v) is 10.5. The number of methoxy groups -OCH3 is 1. The maximum atomic E-state index is 12.6. The number of furan rings is 1. The van der Waals surface area contributed by atoms with E-state index < -0.39 is 9.84 Å². The second-order valence-corrected chi connectivity index (χ2v) is 7.92. The summed E-state index contributed by atoms with van der Waals surface area (Å²) >= 11 is 0. The molecule has 0 saturated carbocycles. The monoisotopic (exact) mass is 394 g/mol. The van der Waals surface area contributed by atoms with Gasteiger partial charge in [0.25, 0.3) is 5.91 Å². The van der Waals surface area contributed by atoms with Crippen molar-refractivity contribution in [3.8, 4) is 5.75 Å². The molecule has 7 nitrogen and oxygen atoms in total. The molecule has 0 bridgehead atoms. The lowest BCUT2D eigenvalue weighted by molar-refractivity contribution is 0.0919. The fourth-order valence-electron chi connectivity index (χ4n) is 2.67. The Morgan fingerprint density at radius 2 is 1.85 bits per heavy atom. The van der Waals surface area contributed by atoms with E-state index >= 15 is 0 Å². The summed E-state index contributed by atoms with van der Waals surface area (Å²) in [6.45, 7) is 7.19. The van der Waals surface area contributed by atoms with E-state index in [0.29, 0.717) is 6.54 Å². The topological polar surface area (TPSA) is 88.9 Å². The van der Waals surface area contributed by atoms with Gasteiger partial charge in [-0.2, -0.15) is 0 Å². The number of nitrogens with zero attached hydrogens (tertiary/aromatic N) is 1. The van der Waals surface area contributed by atoms with Crippen LogP contribution in [0.25, 0.3) is 0 Å². The SMILES string of the molecule is CCN(CC)CCNC(=O)c1ccc(CS(=O)(=O)c2ccccc2OC)o1. The van der Waals surface area contributed by atoms with E-state index in [1.807, 2.05) is 0 Å². The molecule has 1 N–H and O–H groups in total. The lowest BCUT2D eigenvalue weighted by Crippen LogP contribution is -2.34. The Kier molecular flexibility index (Phi) is 7.44. The van der Waals surface area contributed by atoms with Gasteiger partial charge in [-0.3, -0.25) is 4.79 Å². The number of carbonyl (C=O) groups is 1. The van der Waals surface area contributed by atoms with E-state index in [9.17, 15) is 13.2 Å².